The van der Waals surface area contributed by atoms with Gasteiger partial charge in [-0.25, -0.2) is 0 Å². The van der Waals surface area contributed by atoms with Gasteiger partial charge in [0.2, 0.25) is 0 Å². The fourth-order valence-corrected chi connectivity index (χ4v) is 2.71. The molecule has 0 fully saturated rings. The van der Waals surface area contributed by atoms with E-state index in [4.69, 9.17) is 0 Å². The van der Waals surface area contributed by atoms with Gasteiger partial charge in [0.1, 0.15) is 0 Å². The number of hydrogen-bond donors (Lipinski definition) is 1. The first-order valence-corrected chi connectivity index (χ1v) is 7.31. The summed E-state index contributed by atoms with van der Waals surface area (Å²) in [5, 5.41) is 0.772. The molecule has 0 spiro atoms. The lowest BCUT2D eigenvalue weighted by Gasteiger charge is -2.09. The maximum atomic E-state index is 12.2. The molecule has 1 heterocycles. The number of rotatable bonds is 3. The topological polar surface area (TPSA) is 32.9 Å². The highest BCUT2D eigenvalue weighted by molar-refractivity contribution is 5.83. The van der Waals surface area contributed by atoms with Crippen LogP contribution >= 0.6 is 0 Å². The summed E-state index contributed by atoms with van der Waals surface area (Å²) in [5.41, 5.74) is 4.36. The molecule has 2 nitrogen and oxygen atoms in total. The van der Waals surface area contributed by atoms with Crippen LogP contribution < -0.4 is 5.43 Å². The Kier molecular flexibility index (Phi) is 3.55. The number of hydrogen-bond acceptors (Lipinski definition) is 1. The Morgan fingerprint density at radius 1 is 1.20 bits per heavy atom. The first-order valence-electron chi connectivity index (χ1n) is 7.31. The monoisotopic (exact) mass is 265 g/mol. The molecule has 102 valence electrons. The second-order valence-electron chi connectivity index (χ2n) is 5.32. The maximum Gasteiger partial charge on any atom is 0.190 e. The van der Waals surface area contributed by atoms with Crippen molar-refractivity contribution in [3.05, 3.63) is 64.0 Å². The lowest BCUT2D eigenvalue weighted by Crippen LogP contribution is -2.05. The Morgan fingerprint density at radius 2 is 2.10 bits per heavy atom. The van der Waals surface area contributed by atoms with Crippen LogP contribution in [0.1, 0.15) is 37.4 Å². The number of aromatic amines is 1. The van der Waals surface area contributed by atoms with Crippen molar-refractivity contribution in [3.63, 3.8) is 0 Å². The van der Waals surface area contributed by atoms with Crippen LogP contribution in [0.2, 0.25) is 0 Å². The fourth-order valence-electron chi connectivity index (χ4n) is 2.71. The first kappa shape index (κ1) is 12.9. The van der Waals surface area contributed by atoms with E-state index in [1.165, 1.54) is 5.56 Å². The molecule has 0 bridgehead atoms. The molecule has 2 heteroatoms. The van der Waals surface area contributed by atoms with Crippen LogP contribution in [-0.2, 0) is 6.42 Å². The number of aryl methyl sites for hydroxylation is 1. The molecule has 2 aromatic rings. The van der Waals surface area contributed by atoms with Crippen LogP contribution in [0, 0.1) is 0 Å². The van der Waals surface area contributed by atoms with E-state index >= 15 is 0 Å². The molecule has 0 radical (unpaired) electrons. The van der Waals surface area contributed by atoms with Crippen LogP contribution in [-0.4, -0.2) is 4.98 Å². The molecule has 3 rings (SSSR count). The van der Waals surface area contributed by atoms with Gasteiger partial charge < -0.3 is 4.98 Å². The first-order chi connectivity index (χ1) is 9.78. The van der Waals surface area contributed by atoms with Gasteiger partial charge in [-0.05, 0) is 42.5 Å². The number of allylic oxidation sites excluding steroid dienone is 4. The van der Waals surface area contributed by atoms with Gasteiger partial charge in [-0.3, -0.25) is 4.79 Å². The molecule has 0 saturated carbocycles. The molecule has 0 atom stereocenters. The van der Waals surface area contributed by atoms with E-state index in [1.54, 1.807) is 6.07 Å². The number of H-pyrrole nitrogens is 1. The zero-order chi connectivity index (χ0) is 13.9. The summed E-state index contributed by atoms with van der Waals surface area (Å²) in [6.45, 7) is 2.17. The van der Waals surface area contributed by atoms with Gasteiger partial charge in [-0.2, -0.15) is 0 Å². The molecule has 0 aliphatic heterocycles. The van der Waals surface area contributed by atoms with E-state index in [0.29, 0.717) is 0 Å². The molecule has 0 saturated heterocycles. The molecular weight excluding hydrogens is 246 g/mol. The summed E-state index contributed by atoms with van der Waals surface area (Å²) in [4.78, 5) is 15.7. The van der Waals surface area contributed by atoms with Crippen molar-refractivity contribution >= 4 is 16.5 Å². The molecular formula is C18H19NO. The summed E-state index contributed by atoms with van der Waals surface area (Å²) in [6.07, 6.45) is 10.7. The minimum Gasteiger partial charge on any atom is -0.354 e. The summed E-state index contributed by atoms with van der Waals surface area (Å²) in [7, 11) is 0. The quantitative estimate of drug-likeness (QED) is 0.885. The van der Waals surface area contributed by atoms with Crippen LogP contribution in [0.15, 0.2) is 47.3 Å². The molecule has 1 aliphatic rings. The summed E-state index contributed by atoms with van der Waals surface area (Å²) in [6, 6.07) is 7.81. The Morgan fingerprint density at radius 3 is 2.85 bits per heavy atom. The highest BCUT2D eigenvalue weighted by Crippen LogP contribution is 2.21. The number of pyridine rings is 1. The van der Waals surface area contributed by atoms with E-state index < -0.39 is 0 Å². The van der Waals surface area contributed by atoms with Crippen LogP contribution in [0.5, 0.6) is 0 Å². The third kappa shape index (κ3) is 2.46. The summed E-state index contributed by atoms with van der Waals surface area (Å²) >= 11 is 0. The Bertz CT molecular complexity index is 750. The Labute approximate surface area is 118 Å². The smallest absolute Gasteiger partial charge is 0.190 e. The van der Waals surface area contributed by atoms with Gasteiger partial charge in [0, 0.05) is 22.7 Å². The number of benzene rings is 1. The average Bonchev–Trinajstić information content (AvgIpc) is 2.48. The standard InChI is InChI=1S/C18H19NO/c1-2-6-13-9-10-15-17(11-13)19-16(12-18(15)20)14-7-4-3-5-8-14/h4,7-12H,2-3,5-6H2,1H3,(H,19,20). The van der Waals surface area contributed by atoms with Gasteiger partial charge in [-0.1, -0.05) is 37.6 Å². The largest absolute Gasteiger partial charge is 0.354 e. The predicted octanol–water partition coefficient (Wildman–Crippen LogP) is 4.21. The van der Waals surface area contributed by atoms with Gasteiger partial charge in [0.15, 0.2) is 5.43 Å². The number of fused-ring (bicyclic) bond motifs is 1. The minimum atomic E-state index is 0.0941. The van der Waals surface area contributed by atoms with E-state index in [1.807, 2.05) is 6.07 Å². The van der Waals surface area contributed by atoms with Gasteiger partial charge >= 0.3 is 0 Å². The number of aromatic nitrogens is 1. The lowest BCUT2D eigenvalue weighted by atomic mass is 10.0. The zero-order valence-corrected chi connectivity index (χ0v) is 11.8. The van der Waals surface area contributed by atoms with Crippen molar-refractivity contribution in [2.75, 3.05) is 0 Å². The maximum absolute atomic E-state index is 12.2. The van der Waals surface area contributed by atoms with E-state index in [0.717, 1.165) is 47.9 Å². The summed E-state index contributed by atoms with van der Waals surface area (Å²) in [5.74, 6) is 0. The van der Waals surface area contributed by atoms with Crippen LogP contribution in [0.3, 0.4) is 0 Å². The third-order valence-corrected chi connectivity index (χ3v) is 3.74. The minimum absolute atomic E-state index is 0.0941. The Balaban J connectivity index is 2.13. The summed E-state index contributed by atoms with van der Waals surface area (Å²) < 4.78 is 0. The number of nitrogens with one attached hydrogen (secondary N) is 1. The van der Waals surface area contributed by atoms with E-state index in [2.05, 4.69) is 42.3 Å². The molecule has 1 N–H and O–H groups in total. The Hall–Kier alpha value is -2.09. The zero-order valence-electron chi connectivity index (χ0n) is 11.8. The van der Waals surface area contributed by atoms with Crippen molar-refractivity contribution in [1.29, 1.82) is 0 Å². The van der Waals surface area contributed by atoms with Crippen molar-refractivity contribution in [3.8, 4) is 0 Å². The van der Waals surface area contributed by atoms with Gasteiger partial charge in [-0.15, -0.1) is 0 Å². The molecule has 20 heavy (non-hydrogen) atoms. The second-order valence-corrected chi connectivity index (χ2v) is 5.32. The molecule has 1 aromatic heterocycles. The van der Waals surface area contributed by atoms with Crippen LogP contribution in [0.25, 0.3) is 16.5 Å². The van der Waals surface area contributed by atoms with Crippen molar-refractivity contribution in [1.82, 2.24) is 4.98 Å². The van der Waals surface area contributed by atoms with E-state index in [9.17, 15) is 4.79 Å². The molecule has 1 aromatic carbocycles. The van der Waals surface area contributed by atoms with Crippen molar-refractivity contribution < 1.29 is 0 Å². The lowest BCUT2D eigenvalue weighted by molar-refractivity contribution is 0.923. The van der Waals surface area contributed by atoms with Crippen molar-refractivity contribution in [2.45, 2.75) is 32.6 Å². The predicted molar refractivity (Wildman–Crippen MR) is 84.9 cm³/mol. The normalized spacial score (nSPS) is 14.6. The van der Waals surface area contributed by atoms with Crippen LogP contribution in [0.4, 0.5) is 0 Å². The second kappa shape index (κ2) is 5.49. The molecule has 0 unspecified atom stereocenters. The average molecular weight is 265 g/mol. The van der Waals surface area contributed by atoms with Crippen molar-refractivity contribution in [2.24, 2.45) is 0 Å². The molecule has 1 aliphatic carbocycles. The molecule has 0 amide bonds. The van der Waals surface area contributed by atoms with Gasteiger partial charge in [0.05, 0.1) is 0 Å². The fraction of sp³-hybridized carbons (Fsp3) is 0.278. The third-order valence-electron chi connectivity index (χ3n) is 3.74. The SMILES string of the molecule is CCCc1ccc2c(=O)cc(C3=CCCC=C3)[nH]c2c1. The van der Waals surface area contributed by atoms with Gasteiger partial charge in [0.25, 0.3) is 0 Å². The van der Waals surface area contributed by atoms with E-state index in [-0.39, 0.29) is 5.43 Å². The highest BCUT2D eigenvalue weighted by Gasteiger charge is 2.07. The highest BCUT2D eigenvalue weighted by atomic mass is 16.1.